The number of fused-ring (bicyclic) bond motifs is 1. The summed E-state index contributed by atoms with van der Waals surface area (Å²) in [6.07, 6.45) is -3.73. The van der Waals surface area contributed by atoms with Gasteiger partial charge in [0.05, 0.1) is 16.1 Å². The topological polar surface area (TPSA) is 54.9 Å². The number of alkyl halides is 3. The van der Waals surface area contributed by atoms with Gasteiger partial charge >= 0.3 is 6.18 Å². The van der Waals surface area contributed by atoms with Gasteiger partial charge in [0.2, 0.25) is 6.79 Å². The molecule has 1 saturated heterocycles. The molecule has 0 atom stereocenters. The predicted molar refractivity (Wildman–Crippen MR) is 94.9 cm³/mol. The molecule has 0 N–H and O–H groups in total. The first-order chi connectivity index (χ1) is 13.3. The zero-order valence-corrected chi connectivity index (χ0v) is 15.3. The molecule has 2 aromatic rings. The van der Waals surface area contributed by atoms with E-state index in [0.717, 1.165) is 12.3 Å². The molecule has 1 aromatic carbocycles. The number of piperazine rings is 1. The van der Waals surface area contributed by atoms with Crippen LogP contribution in [0.1, 0.15) is 15.9 Å². The minimum atomic E-state index is -4.50. The Morgan fingerprint density at radius 3 is 2.57 bits per heavy atom. The van der Waals surface area contributed by atoms with Gasteiger partial charge in [-0.15, -0.1) is 0 Å². The fourth-order valence-electron chi connectivity index (χ4n) is 3.21. The lowest BCUT2D eigenvalue weighted by atomic mass is 10.1. The zero-order chi connectivity index (χ0) is 19.9. The Labute approximate surface area is 163 Å². The van der Waals surface area contributed by atoms with E-state index in [0.29, 0.717) is 43.2 Å². The second-order valence-electron chi connectivity index (χ2n) is 6.35. The largest absolute Gasteiger partial charge is 0.454 e. The molecule has 4 rings (SSSR count). The molecule has 28 heavy (non-hydrogen) atoms. The van der Waals surface area contributed by atoms with Crippen LogP contribution >= 0.6 is 11.6 Å². The summed E-state index contributed by atoms with van der Waals surface area (Å²) in [4.78, 5) is 20.1. The molecule has 0 spiro atoms. The van der Waals surface area contributed by atoms with Gasteiger partial charge in [-0.3, -0.25) is 4.79 Å². The summed E-state index contributed by atoms with van der Waals surface area (Å²) in [7, 11) is 0. The van der Waals surface area contributed by atoms with E-state index in [1.54, 1.807) is 28.0 Å². The van der Waals surface area contributed by atoms with E-state index in [-0.39, 0.29) is 23.5 Å². The van der Waals surface area contributed by atoms with Crippen LogP contribution in [0.25, 0.3) is 0 Å². The van der Waals surface area contributed by atoms with Gasteiger partial charge in [0.15, 0.2) is 11.5 Å². The van der Waals surface area contributed by atoms with Gasteiger partial charge < -0.3 is 19.3 Å². The third-order valence-electron chi connectivity index (χ3n) is 4.64. The number of hydrogen-bond donors (Lipinski definition) is 0. The minimum Gasteiger partial charge on any atom is -0.454 e. The number of ether oxygens (including phenoxy) is 2. The van der Waals surface area contributed by atoms with E-state index in [4.69, 9.17) is 21.1 Å². The highest BCUT2D eigenvalue weighted by Gasteiger charge is 2.33. The maximum Gasteiger partial charge on any atom is 0.417 e. The smallest absolute Gasteiger partial charge is 0.417 e. The van der Waals surface area contributed by atoms with Crippen LogP contribution in [0, 0.1) is 0 Å². The molecular weight excluding hydrogens is 399 g/mol. The third kappa shape index (κ3) is 3.42. The monoisotopic (exact) mass is 413 g/mol. The molecule has 148 valence electrons. The highest BCUT2D eigenvalue weighted by molar-refractivity contribution is 6.33. The number of amides is 1. The summed E-state index contributed by atoms with van der Waals surface area (Å²) < 4.78 is 49.0. The van der Waals surface area contributed by atoms with Gasteiger partial charge in [-0.2, -0.15) is 13.2 Å². The van der Waals surface area contributed by atoms with E-state index in [2.05, 4.69) is 4.98 Å². The Morgan fingerprint density at radius 2 is 1.89 bits per heavy atom. The molecule has 0 saturated carbocycles. The summed E-state index contributed by atoms with van der Waals surface area (Å²) in [5, 5.41) is -0.0685. The first-order valence-electron chi connectivity index (χ1n) is 8.50. The third-order valence-corrected chi connectivity index (χ3v) is 4.92. The molecule has 1 aromatic heterocycles. The second kappa shape index (κ2) is 7.05. The number of benzene rings is 1. The van der Waals surface area contributed by atoms with E-state index in [1.165, 1.54) is 0 Å². The van der Waals surface area contributed by atoms with Crippen LogP contribution in [-0.4, -0.2) is 48.8 Å². The second-order valence-corrected chi connectivity index (χ2v) is 6.75. The molecule has 2 aliphatic heterocycles. The van der Waals surface area contributed by atoms with Crippen LogP contribution < -0.4 is 14.4 Å². The number of hydrogen-bond acceptors (Lipinski definition) is 5. The maximum absolute atomic E-state index is 12.8. The molecule has 1 fully saturated rings. The molecule has 3 heterocycles. The van der Waals surface area contributed by atoms with Gasteiger partial charge in [-0.25, -0.2) is 4.98 Å². The number of carbonyl (C=O) groups is 1. The molecule has 0 bridgehead atoms. The van der Waals surface area contributed by atoms with Gasteiger partial charge in [-0.05, 0) is 18.2 Å². The van der Waals surface area contributed by atoms with Gasteiger partial charge in [0.25, 0.3) is 5.91 Å². The van der Waals surface area contributed by atoms with Crippen molar-refractivity contribution < 1.29 is 27.4 Å². The van der Waals surface area contributed by atoms with Crippen LogP contribution in [-0.2, 0) is 6.18 Å². The number of aromatic nitrogens is 1. The van der Waals surface area contributed by atoms with Crippen molar-refractivity contribution in [1.29, 1.82) is 0 Å². The minimum absolute atomic E-state index is 0.0685. The number of nitrogens with zero attached hydrogens (tertiary/aromatic N) is 3. The lowest BCUT2D eigenvalue weighted by Gasteiger charge is -2.36. The standard InChI is InChI=1S/C18H15ClF3N3O3/c19-13-8-11(18(20,21)22)9-23-16(13)24-4-6-25(7-5-24)17(26)12-2-1-3-14-15(12)28-10-27-14/h1-3,8-9H,4-7,10H2. The van der Waals surface area contributed by atoms with Crippen molar-refractivity contribution in [1.82, 2.24) is 9.88 Å². The van der Waals surface area contributed by atoms with Crippen molar-refractivity contribution in [3.8, 4) is 11.5 Å². The first-order valence-corrected chi connectivity index (χ1v) is 8.88. The van der Waals surface area contributed by atoms with Crippen molar-refractivity contribution in [2.24, 2.45) is 0 Å². The number of carbonyl (C=O) groups excluding carboxylic acids is 1. The van der Waals surface area contributed by atoms with Crippen molar-refractivity contribution >= 4 is 23.3 Å². The van der Waals surface area contributed by atoms with E-state index < -0.39 is 11.7 Å². The van der Waals surface area contributed by atoms with Gasteiger partial charge in [0.1, 0.15) is 5.82 Å². The Bertz CT molecular complexity index is 915. The van der Waals surface area contributed by atoms with Crippen LogP contribution in [0.4, 0.5) is 19.0 Å². The van der Waals surface area contributed by atoms with Gasteiger partial charge in [0, 0.05) is 32.4 Å². The Hall–Kier alpha value is -2.68. The van der Waals surface area contributed by atoms with Gasteiger partial charge in [-0.1, -0.05) is 17.7 Å². The summed E-state index contributed by atoms with van der Waals surface area (Å²) in [6.45, 7) is 1.63. The number of halogens is 4. The van der Waals surface area contributed by atoms with E-state index in [1.807, 2.05) is 0 Å². The molecule has 2 aliphatic rings. The number of rotatable bonds is 2. The average molecular weight is 414 g/mol. The summed E-state index contributed by atoms with van der Waals surface area (Å²) >= 11 is 6.01. The lowest BCUT2D eigenvalue weighted by molar-refractivity contribution is -0.137. The quantitative estimate of drug-likeness (QED) is 0.755. The molecule has 6 nitrogen and oxygen atoms in total. The Morgan fingerprint density at radius 1 is 1.14 bits per heavy atom. The van der Waals surface area contributed by atoms with E-state index in [9.17, 15) is 18.0 Å². The Balaban J connectivity index is 1.45. The number of para-hydroxylation sites is 1. The summed E-state index contributed by atoms with van der Waals surface area (Å²) in [5.41, 5.74) is -0.468. The molecule has 0 unspecified atom stereocenters. The zero-order valence-electron chi connectivity index (χ0n) is 14.5. The van der Waals surface area contributed by atoms with Crippen molar-refractivity contribution in [2.75, 3.05) is 37.9 Å². The average Bonchev–Trinajstić information content (AvgIpc) is 3.16. The van der Waals surface area contributed by atoms with Crippen LogP contribution in [0.3, 0.4) is 0 Å². The molecule has 0 radical (unpaired) electrons. The SMILES string of the molecule is O=C(c1cccc2c1OCO2)N1CCN(c2ncc(C(F)(F)F)cc2Cl)CC1. The molecule has 1 amide bonds. The molecule has 10 heteroatoms. The first kappa shape index (κ1) is 18.7. The van der Waals surface area contributed by atoms with E-state index >= 15 is 0 Å². The molecular formula is C18H15ClF3N3O3. The van der Waals surface area contributed by atoms with Crippen molar-refractivity contribution in [3.63, 3.8) is 0 Å². The van der Waals surface area contributed by atoms with Crippen LogP contribution in [0.5, 0.6) is 11.5 Å². The van der Waals surface area contributed by atoms with Crippen molar-refractivity contribution in [3.05, 3.63) is 46.6 Å². The highest BCUT2D eigenvalue weighted by atomic mass is 35.5. The van der Waals surface area contributed by atoms with Crippen molar-refractivity contribution in [2.45, 2.75) is 6.18 Å². The predicted octanol–water partition coefficient (Wildman–Crippen LogP) is 3.44. The summed E-state index contributed by atoms with van der Waals surface area (Å²) in [6, 6.07) is 6.00. The fourth-order valence-corrected chi connectivity index (χ4v) is 3.49. The van der Waals surface area contributed by atoms with Crippen LogP contribution in [0.15, 0.2) is 30.5 Å². The highest BCUT2D eigenvalue weighted by Crippen LogP contribution is 2.36. The van der Waals surface area contributed by atoms with Crippen LogP contribution in [0.2, 0.25) is 5.02 Å². The summed E-state index contributed by atoms with van der Waals surface area (Å²) in [5.74, 6) is 1.06. The number of anilines is 1. The lowest BCUT2D eigenvalue weighted by Crippen LogP contribution is -2.49. The maximum atomic E-state index is 12.8. The fraction of sp³-hybridized carbons (Fsp3) is 0.333. The molecule has 0 aliphatic carbocycles. The number of pyridine rings is 1. The normalized spacial score (nSPS) is 16.4. The Kier molecular flexibility index (Phi) is 4.70.